The summed E-state index contributed by atoms with van der Waals surface area (Å²) >= 11 is 0. The standard InChI is InChI=1S/C73H106O5/c1-3-5-7-9-11-13-15-17-19-21-23-25-27-29-31-33-35-36-38-40-42-44-46-48-50-52-54-56-58-60-62-64-66-68-73(76)78-71(69-74)70-77-72(75)67-65-63-61-59-57-55-53-51-49-47-45-43-41-39-37-34-32-30-28-26-24-22-20-18-16-14-12-10-8-6-4-2/h5-8,11-14,17-20,23-26,29-32,35-37,39-40,42-43,45-46,48-49,51-52,54-55,57-58,60,71,74H,3-4,9-10,15-16,21-22,27-28,33-34,38,41,44,47,50,53,56,59,61-70H2,1-2H3/b7-5-,8-6-,13-11-,14-12-,19-17-,20-18-,25-23-,26-24-,31-29-,32-30-,36-35-,39-37-,42-40-,45-43-,48-46-,51-49-,54-52-,57-55-,60-58-. The molecule has 0 aliphatic carbocycles. The molecule has 1 N–H and O–H groups in total. The van der Waals surface area contributed by atoms with E-state index in [0.717, 1.165) is 161 Å². The van der Waals surface area contributed by atoms with Crippen molar-refractivity contribution in [1.82, 2.24) is 0 Å². The van der Waals surface area contributed by atoms with Crippen molar-refractivity contribution >= 4 is 11.9 Å². The molecule has 5 nitrogen and oxygen atoms in total. The van der Waals surface area contributed by atoms with Crippen LogP contribution in [0.15, 0.2) is 231 Å². The van der Waals surface area contributed by atoms with Gasteiger partial charge in [-0.2, -0.15) is 0 Å². The number of allylic oxidation sites excluding steroid dienone is 38. The van der Waals surface area contributed by atoms with Gasteiger partial charge in [0.1, 0.15) is 6.61 Å². The maximum absolute atomic E-state index is 12.3. The van der Waals surface area contributed by atoms with Crippen molar-refractivity contribution in [3.05, 3.63) is 231 Å². The number of ether oxygens (including phenoxy) is 2. The number of rotatable bonds is 51. The van der Waals surface area contributed by atoms with Gasteiger partial charge in [-0.1, -0.05) is 251 Å². The second-order valence-electron chi connectivity index (χ2n) is 18.6. The van der Waals surface area contributed by atoms with Crippen molar-refractivity contribution in [2.45, 2.75) is 200 Å². The lowest BCUT2D eigenvalue weighted by Crippen LogP contribution is -2.28. The molecule has 1 unspecified atom stereocenters. The molecule has 1 atom stereocenters. The van der Waals surface area contributed by atoms with Gasteiger partial charge in [-0.05, 0) is 161 Å². The molecule has 0 radical (unpaired) electrons. The number of aliphatic hydroxyl groups excluding tert-OH is 1. The van der Waals surface area contributed by atoms with Gasteiger partial charge in [0.25, 0.3) is 0 Å². The van der Waals surface area contributed by atoms with Crippen LogP contribution in [0.3, 0.4) is 0 Å². The summed E-state index contributed by atoms with van der Waals surface area (Å²) in [5.74, 6) is -0.704. The number of aliphatic hydroxyl groups is 1. The third kappa shape index (κ3) is 62.5. The van der Waals surface area contributed by atoms with Gasteiger partial charge in [-0.25, -0.2) is 0 Å². The fourth-order valence-electron chi connectivity index (χ4n) is 7.04. The summed E-state index contributed by atoms with van der Waals surface area (Å²) in [6.07, 6.45) is 109. The van der Waals surface area contributed by atoms with Gasteiger partial charge in [0.05, 0.1) is 6.61 Å². The predicted molar refractivity (Wildman–Crippen MR) is 342 cm³/mol. The average Bonchev–Trinajstić information content (AvgIpc) is 3.44. The minimum Gasteiger partial charge on any atom is -0.462 e. The molecule has 78 heavy (non-hydrogen) atoms. The van der Waals surface area contributed by atoms with E-state index in [-0.39, 0.29) is 31.6 Å². The van der Waals surface area contributed by atoms with E-state index in [1.54, 1.807) is 0 Å². The molecule has 0 saturated carbocycles. The summed E-state index contributed by atoms with van der Waals surface area (Å²) in [6, 6.07) is 0. The second kappa shape index (κ2) is 65.2. The van der Waals surface area contributed by atoms with Crippen molar-refractivity contribution in [3.63, 3.8) is 0 Å². The molecule has 0 aromatic rings. The Hall–Kier alpha value is -6.04. The fraction of sp³-hybridized carbons (Fsp3) is 0.452. The van der Waals surface area contributed by atoms with Crippen molar-refractivity contribution < 1.29 is 24.2 Å². The molecule has 5 heteroatoms. The molecule has 428 valence electrons. The summed E-state index contributed by atoms with van der Waals surface area (Å²) in [4.78, 5) is 24.5. The predicted octanol–water partition coefficient (Wildman–Crippen LogP) is 21.0. The van der Waals surface area contributed by atoms with E-state index in [1.165, 1.54) is 0 Å². The van der Waals surface area contributed by atoms with Gasteiger partial charge in [-0.15, -0.1) is 0 Å². The Morgan fingerprint density at radius 3 is 0.769 bits per heavy atom. The first-order valence-corrected chi connectivity index (χ1v) is 29.9. The van der Waals surface area contributed by atoms with E-state index in [2.05, 4.69) is 245 Å². The van der Waals surface area contributed by atoms with Gasteiger partial charge in [0, 0.05) is 12.8 Å². The maximum atomic E-state index is 12.3. The zero-order valence-corrected chi connectivity index (χ0v) is 48.8. The Balaban J connectivity index is 3.77. The van der Waals surface area contributed by atoms with E-state index >= 15 is 0 Å². The minimum absolute atomic E-state index is 0.120. The van der Waals surface area contributed by atoms with Crippen LogP contribution in [-0.4, -0.2) is 36.4 Å². The van der Waals surface area contributed by atoms with Crippen LogP contribution in [-0.2, 0) is 19.1 Å². The van der Waals surface area contributed by atoms with Crippen LogP contribution in [0.2, 0.25) is 0 Å². The number of carbonyl (C=O) groups is 2. The highest BCUT2D eigenvalue weighted by atomic mass is 16.6. The van der Waals surface area contributed by atoms with E-state index in [4.69, 9.17) is 9.47 Å². The summed E-state index contributed by atoms with van der Waals surface area (Å²) in [6.45, 7) is 3.82. The molecule has 0 saturated heterocycles. The lowest BCUT2D eigenvalue weighted by Gasteiger charge is -2.15. The molecule has 0 aromatic carbocycles. The first-order chi connectivity index (χ1) is 38.6. The number of hydrogen-bond donors (Lipinski definition) is 1. The Morgan fingerprint density at radius 1 is 0.295 bits per heavy atom. The first kappa shape index (κ1) is 72.0. The van der Waals surface area contributed by atoms with Crippen LogP contribution in [0, 0.1) is 0 Å². The van der Waals surface area contributed by atoms with Crippen LogP contribution in [0.1, 0.15) is 194 Å². The van der Waals surface area contributed by atoms with Gasteiger partial charge in [0.15, 0.2) is 6.10 Å². The number of hydrogen-bond acceptors (Lipinski definition) is 5. The normalized spacial score (nSPS) is 13.9. The van der Waals surface area contributed by atoms with Gasteiger partial charge < -0.3 is 14.6 Å². The molecule has 0 heterocycles. The third-order valence-corrected chi connectivity index (χ3v) is 11.5. The molecule has 0 bridgehead atoms. The number of esters is 2. The fourth-order valence-corrected chi connectivity index (χ4v) is 7.04. The quantitative estimate of drug-likeness (QED) is 0.0373. The Morgan fingerprint density at radius 2 is 0.513 bits per heavy atom. The van der Waals surface area contributed by atoms with Gasteiger partial charge in [0.2, 0.25) is 0 Å². The smallest absolute Gasteiger partial charge is 0.306 e. The summed E-state index contributed by atoms with van der Waals surface area (Å²) in [5, 5.41) is 9.66. The summed E-state index contributed by atoms with van der Waals surface area (Å²) in [5.41, 5.74) is 0. The Kier molecular flexibility index (Phi) is 60.2. The second-order valence-corrected chi connectivity index (χ2v) is 18.6. The zero-order valence-electron chi connectivity index (χ0n) is 48.8. The average molecular weight is 1060 g/mol. The lowest BCUT2D eigenvalue weighted by molar-refractivity contribution is -0.161. The van der Waals surface area contributed by atoms with Crippen molar-refractivity contribution in [1.29, 1.82) is 0 Å². The van der Waals surface area contributed by atoms with Crippen LogP contribution < -0.4 is 0 Å². The van der Waals surface area contributed by atoms with Crippen LogP contribution >= 0.6 is 0 Å². The highest BCUT2D eigenvalue weighted by Crippen LogP contribution is 2.09. The van der Waals surface area contributed by atoms with Crippen LogP contribution in [0.5, 0.6) is 0 Å². The topological polar surface area (TPSA) is 72.8 Å². The number of carbonyl (C=O) groups excluding carboxylic acids is 2. The van der Waals surface area contributed by atoms with Gasteiger partial charge >= 0.3 is 11.9 Å². The Labute approximate surface area is 477 Å². The summed E-state index contributed by atoms with van der Waals surface area (Å²) in [7, 11) is 0. The van der Waals surface area contributed by atoms with E-state index in [0.29, 0.717) is 12.8 Å². The molecule has 0 aliphatic heterocycles. The largest absolute Gasteiger partial charge is 0.462 e. The van der Waals surface area contributed by atoms with Crippen LogP contribution in [0.4, 0.5) is 0 Å². The first-order valence-electron chi connectivity index (χ1n) is 29.9. The lowest BCUT2D eigenvalue weighted by atomic mass is 10.1. The highest BCUT2D eigenvalue weighted by molar-refractivity contribution is 5.70. The van der Waals surface area contributed by atoms with Crippen molar-refractivity contribution in [2.75, 3.05) is 13.2 Å². The molecule has 0 aliphatic rings. The molecule has 0 fully saturated rings. The zero-order chi connectivity index (χ0) is 56.2. The molecule has 0 rings (SSSR count). The molecule has 0 spiro atoms. The summed E-state index contributed by atoms with van der Waals surface area (Å²) < 4.78 is 10.6. The van der Waals surface area contributed by atoms with Crippen LogP contribution in [0.25, 0.3) is 0 Å². The van der Waals surface area contributed by atoms with E-state index < -0.39 is 6.10 Å². The molecular formula is C73H106O5. The molecular weight excluding hydrogens is 957 g/mol. The van der Waals surface area contributed by atoms with E-state index in [1.807, 2.05) is 0 Å². The monoisotopic (exact) mass is 1060 g/mol. The van der Waals surface area contributed by atoms with E-state index in [9.17, 15) is 14.7 Å². The maximum Gasteiger partial charge on any atom is 0.306 e. The Bertz CT molecular complexity index is 1970. The van der Waals surface area contributed by atoms with Crippen molar-refractivity contribution in [2.24, 2.45) is 0 Å². The minimum atomic E-state index is -0.831. The number of unbranched alkanes of at least 4 members (excludes halogenated alkanes) is 5. The SMILES string of the molecule is CC/C=C\C/C=C\C/C=C\C/C=C\C/C=C\C/C=C\C/C=C\C/C=C\C/C=C\C/C=C\CCCCC(=O)OC(CO)COC(=O)CCCCC/C=C\C/C=C\C/C=C\C/C=C\C/C=C\C/C=C\C/C=C\C/C=C\C/C=C\CC. The molecule has 0 amide bonds. The van der Waals surface area contributed by atoms with Gasteiger partial charge in [-0.3, -0.25) is 9.59 Å². The third-order valence-electron chi connectivity index (χ3n) is 11.5. The molecule has 0 aromatic heterocycles. The highest BCUT2D eigenvalue weighted by Gasteiger charge is 2.16. The van der Waals surface area contributed by atoms with Crippen molar-refractivity contribution in [3.8, 4) is 0 Å².